The molecule has 0 aliphatic heterocycles. The van der Waals surface area contributed by atoms with Gasteiger partial charge in [0.2, 0.25) is 11.8 Å². The van der Waals surface area contributed by atoms with Crippen molar-refractivity contribution in [2.45, 2.75) is 40.2 Å². The molecule has 6 heteroatoms. The van der Waals surface area contributed by atoms with E-state index in [-0.39, 0.29) is 23.9 Å². The van der Waals surface area contributed by atoms with Crippen molar-refractivity contribution in [2.75, 3.05) is 20.3 Å². The third-order valence-electron chi connectivity index (χ3n) is 3.12. The highest BCUT2D eigenvalue weighted by Crippen LogP contribution is 2.28. The Morgan fingerprint density at radius 2 is 1.88 bits per heavy atom. The molecule has 2 amide bonds. The van der Waals surface area contributed by atoms with Crippen molar-refractivity contribution in [1.82, 2.24) is 10.6 Å². The van der Waals surface area contributed by atoms with Crippen LogP contribution in [-0.4, -0.2) is 37.6 Å². The lowest BCUT2D eigenvalue weighted by Crippen LogP contribution is -2.45. The fraction of sp³-hybridized carbons (Fsp3) is 0.500. The van der Waals surface area contributed by atoms with Crippen LogP contribution in [0.25, 0.3) is 6.08 Å². The summed E-state index contributed by atoms with van der Waals surface area (Å²) in [5, 5.41) is 5.34. The topological polar surface area (TPSA) is 76.7 Å². The maximum atomic E-state index is 11.9. The Kier molecular flexibility index (Phi) is 8.16. The van der Waals surface area contributed by atoms with Crippen LogP contribution in [0.5, 0.6) is 11.5 Å². The van der Waals surface area contributed by atoms with E-state index in [1.807, 2.05) is 32.9 Å². The van der Waals surface area contributed by atoms with Gasteiger partial charge in [-0.25, -0.2) is 0 Å². The lowest BCUT2D eigenvalue weighted by molar-refractivity contribution is -0.124. The van der Waals surface area contributed by atoms with Crippen LogP contribution in [0.3, 0.4) is 0 Å². The first-order valence-electron chi connectivity index (χ1n) is 8.68. The van der Waals surface area contributed by atoms with Crippen LogP contribution in [0.15, 0.2) is 24.3 Å². The van der Waals surface area contributed by atoms with Gasteiger partial charge >= 0.3 is 0 Å². The van der Waals surface area contributed by atoms with Gasteiger partial charge in [0, 0.05) is 11.6 Å². The van der Waals surface area contributed by atoms with Crippen LogP contribution in [0.4, 0.5) is 0 Å². The van der Waals surface area contributed by atoms with Crippen molar-refractivity contribution in [3.8, 4) is 11.5 Å². The van der Waals surface area contributed by atoms with Crippen molar-refractivity contribution in [3.05, 3.63) is 29.8 Å². The highest BCUT2D eigenvalue weighted by molar-refractivity contribution is 5.94. The van der Waals surface area contributed by atoms with E-state index in [1.165, 1.54) is 6.08 Å². The lowest BCUT2D eigenvalue weighted by atomic mass is 10.1. The number of carbonyl (C=O) groups excluding carboxylic acids is 2. The first kappa shape index (κ1) is 21.5. The summed E-state index contributed by atoms with van der Waals surface area (Å²) in [7, 11) is 1.58. The summed E-state index contributed by atoms with van der Waals surface area (Å²) in [6.07, 6.45) is 3.04. The number of hydrogen-bond donors (Lipinski definition) is 2. The summed E-state index contributed by atoms with van der Waals surface area (Å²) in [5.41, 5.74) is 0.473. The summed E-state index contributed by atoms with van der Waals surface area (Å²) in [5.74, 6) is 1.12. The number of benzene rings is 1. The van der Waals surface area contributed by atoms with E-state index in [0.29, 0.717) is 24.0 Å². The molecular formula is C20H30N2O4. The van der Waals surface area contributed by atoms with E-state index in [0.717, 1.165) is 5.56 Å². The van der Waals surface area contributed by atoms with Crippen LogP contribution < -0.4 is 20.1 Å². The fourth-order valence-electron chi connectivity index (χ4n) is 2.02. The Balaban J connectivity index is 2.61. The third-order valence-corrected chi connectivity index (χ3v) is 3.12. The Hall–Kier alpha value is -2.50. The molecule has 1 rings (SSSR count). The van der Waals surface area contributed by atoms with E-state index >= 15 is 0 Å². The molecule has 0 unspecified atom stereocenters. The Morgan fingerprint density at radius 3 is 2.46 bits per heavy atom. The highest BCUT2D eigenvalue weighted by atomic mass is 16.5. The van der Waals surface area contributed by atoms with Crippen molar-refractivity contribution in [2.24, 2.45) is 5.92 Å². The van der Waals surface area contributed by atoms with E-state index in [1.54, 1.807) is 19.3 Å². The van der Waals surface area contributed by atoms with Gasteiger partial charge in [-0.1, -0.05) is 19.9 Å². The normalized spacial score (nSPS) is 11.5. The predicted molar refractivity (Wildman–Crippen MR) is 103 cm³/mol. The molecule has 1 aromatic carbocycles. The van der Waals surface area contributed by atoms with Crippen LogP contribution >= 0.6 is 0 Å². The average molecular weight is 362 g/mol. The molecule has 0 aliphatic rings. The Bertz CT molecular complexity index is 646. The molecular weight excluding hydrogens is 332 g/mol. The second-order valence-electron chi connectivity index (χ2n) is 7.46. The number of amides is 2. The molecule has 0 radical (unpaired) electrons. The van der Waals surface area contributed by atoms with Gasteiger partial charge < -0.3 is 20.1 Å². The molecule has 26 heavy (non-hydrogen) atoms. The number of ether oxygens (including phenoxy) is 2. The number of carbonyl (C=O) groups is 2. The number of rotatable bonds is 8. The molecule has 0 bridgehead atoms. The molecule has 0 saturated heterocycles. The maximum absolute atomic E-state index is 11.9. The van der Waals surface area contributed by atoms with Crippen LogP contribution in [0.2, 0.25) is 0 Å². The summed E-state index contributed by atoms with van der Waals surface area (Å²) < 4.78 is 11.0. The molecule has 1 aromatic rings. The monoisotopic (exact) mass is 362 g/mol. The minimum atomic E-state index is -0.340. The number of hydrogen-bond acceptors (Lipinski definition) is 4. The standard InChI is InChI=1S/C20H30N2O4/c1-14(2)13-26-16-9-7-15(11-17(16)25-6)8-10-18(23)21-12-19(24)22-20(3,4)5/h7-11,14H,12-13H2,1-6H3,(H,21,23)(H,22,24)/b10-8+. The first-order valence-corrected chi connectivity index (χ1v) is 8.68. The minimum absolute atomic E-state index is 0.0637. The third kappa shape index (κ3) is 8.55. The molecule has 6 nitrogen and oxygen atoms in total. The molecule has 2 N–H and O–H groups in total. The second kappa shape index (κ2) is 9.85. The predicted octanol–water partition coefficient (Wildman–Crippen LogP) is 2.77. The van der Waals surface area contributed by atoms with Gasteiger partial charge in [-0.05, 0) is 50.5 Å². The molecule has 0 aromatic heterocycles. The number of nitrogens with one attached hydrogen (secondary N) is 2. The summed E-state index contributed by atoms with van der Waals surface area (Å²) in [4.78, 5) is 23.5. The van der Waals surface area contributed by atoms with Crippen LogP contribution in [0, 0.1) is 5.92 Å². The molecule has 0 heterocycles. The zero-order chi connectivity index (χ0) is 19.7. The van der Waals surface area contributed by atoms with Crippen molar-refractivity contribution >= 4 is 17.9 Å². The summed E-state index contributed by atoms with van der Waals surface area (Å²) in [6.45, 7) is 10.3. The maximum Gasteiger partial charge on any atom is 0.244 e. The fourth-order valence-corrected chi connectivity index (χ4v) is 2.02. The second-order valence-corrected chi connectivity index (χ2v) is 7.46. The molecule has 0 atom stereocenters. The highest BCUT2D eigenvalue weighted by Gasteiger charge is 2.13. The molecule has 0 aliphatic carbocycles. The van der Waals surface area contributed by atoms with Crippen LogP contribution in [0.1, 0.15) is 40.2 Å². The van der Waals surface area contributed by atoms with Crippen molar-refractivity contribution in [1.29, 1.82) is 0 Å². The summed E-state index contributed by atoms with van der Waals surface area (Å²) in [6, 6.07) is 5.45. The van der Waals surface area contributed by atoms with Gasteiger partial charge in [0.25, 0.3) is 0 Å². The Morgan fingerprint density at radius 1 is 1.19 bits per heavy atom. The van der Waals surface area contributed by atoms with E-state index in [2.05, 4.69) is 24.5 Å². The van der Waals surface area contributed by atoms with Gasteiger partial charge in [-0.2, -0.15) is 0 Å². The Labute approximate surface area is 156 Å². The smallest absolute Gasteiger partial charge is 0.244 e. The zero-order valence-electron chi connectivity index (χ0n) is 16.5. The molecule has 0 saturated carbocycles. The van der Waals surface area contributed by atoms with E-state index in [9.17, 15) is 9.59 Å². The van der Waals surface area contributed by atoms with E-state index < -0.39 is 0 Å². The first-order chi connectivity index (χ1) is 12.1. The van der Waals surface area contributed by atoms with E-state index in [4.69, 9.17) is 9.47 Å². The minimum Gasteiger partial charge on any atom is -0.493 e. The average Bonchev–Trinajstić information content (AvgIpc) is 2.54. The zero-order valence-corrected chi connectivity index (χ0v) is 16.5. The lowest BCUT2D eigenvalue weighted by Gasteiger charge is -2.20. The summed E-state index contributed by atoms with van der Waals surface area (Å²) >= 11 is 0. The van der Waals surface area contributed by atoms with Crippen molar-refractivity contribution in [3.63, 3.8) is 0 Å². The van der Waals surface area contributed by atoms with Crippen molar-refractivity contribution < 1.29 is 19.1 Å². The SMILES string of the molecule is COc1cc(/C=C/C(=O)NCC(=O)NC(C)(C)C)ccc1OCC(C)C. The van der Waals surface area contributed by atoms with Gasteiger partial charge in [-0.3, -0.25) is 9.59 Å². The number of methoxy groups -OCH3 is 1. The van der Waals surface area contributed by atoms with Gasteiger partial charge in [-0.15, -0.1) is 0 Å². The molecule has 0 fully saturated rings. The molecule has 0 spiro atoms. The van der Waals surface area contributed by atoms with Crippen LogP contribution in [-0.2, 0) is 9.59 Å². The quantitative estimate of drug-likeness (QED) is 0.697. The molecule has 144 valence electrons. The van der Waals surface area contributed by atoms with Gasteiger partial charge in [0.15, 0.2) is 11.5 Å². The van der Waals surface area contributed by atoms with Gasteiger partial charge in [0.1, 0.15) is 0 Å². The largest absolute Gasteiger partial charge is 0.493 e. The van der Waals surface area contributed by atoms with Gasteiger partial charge in [0.05, 0.1) is 20.3 Å².